The lowest BCUT2D eigenvalue weighted by molar-refractivity contribution is -0.322. The number of aliphatic hydroxyl groups excluding tert-OH is 1. The molecular formula is C12H21NO7. The van der Waals surface area contributed by atoms with E-state index < -0.39 is 23.8 Å². The fourth-order valence-electron chi connectivity index (χ4n) is 1.71. The summed E-state index contributed by atoms with van der Waals surface area (Å²) in [5, 5.41) is 11.3. The molecule has 1 heterocycles. The molecule has 1 aliphatic rings. The van der Waals surface area contributed by atoms with Crippen molar-refractivity contribution in [2.24, 2.45) is 5.41 Å². The van der Waals surface area contributed by atoms with Crippen molar-refractivity contribution in [1.82, 2.24) is 5.32 Å². The van der Waals surface area contributed by atoms with Gasteiger partial charge in [-0.15, -0.1) is 0 Å². The van der Waals surface area contributed by atoms with Crippen LogP contribution in [0.15, 0.2) is 0 Å². The van der Waals surface area contributed by atoms with Crippen molar-refractivity contribution in [2.45, 2.75) is 19.8 Å². The molecule has 0 unspecified atom stereocenters. The smallest absolute Gasteiger partial charge is 0.326 e. The summed E-state index contributed by atoms with van der Waals surface area (Å²) in [6.45, 7) is 0.735. The highest BCUT2D eigenvalue weighted by Crippen LogP contribution is 2.27. The van der Waals surface area contributed by atoms with Gasteiger partial charge in [0.25, 0.3) is 6.48 Å². The summed E-state index contributed by atoms with van der Waals surface area (Å²) >= 11 is 0. The summed E-state index contributed by atoms with van der Waals surface area (Å²) in [6, 6.07) is 0. The number of carbonyl (C=O) groups is 2. The molecule has 0 aromatic carbocycles. The molecule has 1 aliphatic heterocycles. The van der Waals surface area contributed by atoms with Crippen LogP contribution in [-0.2, 0) is 28.5 Å². The van der Waals surface area contributed by atoms with Crippen LogP contribution in [0.5, 0.6) is 0 Å². The average Bonchev–Trinajstić information content (AvgIpc) is 2.47. The number of hydrogen-bond acceptors (Lipinski definition) is 7. The van der Waals surface area contributed by atoms with Gasteiger partial charge in [0.05, 0.1) is 19.8 Å². The Morgan fingerprint density at radius 1 is 1.40 bits per heavy atom. The molecule has 1 saturated heterocycles. The van der Waals surface area contributed by atoms with Gasteiger partial charge in [-0.1, -0.05) is 0 Å². The first-order valence-corrected chi connectivity index (χ1v) is 6.43. The largest absolute Gasteiger partial charge is 0.465 e. The number of hydrogen-bond donors (Lipinski definition) is 2. The standard InChI is InChI=1S/C12H21NO7/c1-3-18-10(16)12(9(15)13-5-4-6-14)7-19-11(17-2)20-8-12/h11,14H,3-8H2,1-2H3,(H,13,15). The molecule has 1 fully saturated rings. The van der Waals surface area contributed by atoms with E-state index >= 15 is 0 Å². The minimum absolute atomic E-state index is 0.0502. The maximum Gasteiger partial charge on any atom is 0.326 e. The first-order valence-electron chi connectivity index (χ1n) is 6.43. The molecule has 8 heteroatoms. The monoisotopic (exact) mass is 291 g/mol. The molecule has 0 aromatic heterocycles. The molecule has 0 bridgehead atoms. The van der Waals surface area contributed by atoms with Gasteiger partial charge in [0, 0.05) is 20.3 Å². The SMILES string of the molecule is CCOC(=O)C1(C(=O)NCCCO)COC(OC)OC1. The van der Waals surface area contributed by atoms with E-state index in [0.29, 0.717) is 6.42 Å². The lowest BCUT2D eigenvalue weighted by Crippen LogP contribution is -2.57. The van der Waals surface area contributed by atoms with Crippen molar-refractivity contribution < 1.29 is 33.6 Å². The summed E-state index contributed by atoms with van der Waals surface area (Å²) < 4.78 is 20.1. The van der Waals surface area contributed by atoms with Crippen molar-refractivity contribution in [3.05, 3.63) is 0 Å². The molecule has 0 atom stereocenters. The zero-order valence-corrected chi connectivity index (χ0v) is 11.7. The first kappa shape index (κ1) is 16.8. The summed E-state index contributed by atoms with van der Waals surface area (Å²) in [4.78, 5) is 24.3. The lowest BCUT2D eigenvalue weighted by atomic mass is 9.88. The molecule has 2 N–H and O–H groups in total. The Labute approximate surface area is 117 Å². The Balaban J connectivity index is 2.74. The zero-order chi connectivity index (χ0) is 15.0. The Bertz CT molecular complexity index is 326. The summed E-state index contributed by atoms with van der Waals surface area (Å²) in [5.41, 5.74) is -1.54. The van der Waals surface area contributed by atoms with Crippen molar-refractivity contribution >= 4 is 11.9 Å². The molecule has 116 valence electrons. The number of amides is 1. The summed E-state index contributed by atoms with van der Waals surface area (Å²) in [7, 11) is 1.39. The van der Waals surface area contributed by atoms with Crippen molar-refractivity contribution in [3.63, 3.8) is 0 Å². The van der Waals surface area contributed by atoms with E-state index in [1.54, 1.807) is 6.92 Å². The van der Waals surface area contributed by atoms with Gasteiger partial charge in [-0.3, -0.25) is 9.59 Å². The van der Waals surface area contributed by atoms with Crippen LogP contribution in [0.1, 0.15) is 13.3 Å². The van der Waals surface area contributed by atoms with Gasteiger partial charge in [-0.2, -0.15) is 0 Å². The quantitative estimate of drug-likeness (QED) is 0.353. The number of carbonyl (C=O) groups excluding carboxylic acids is 2. The Kier molecular flexibility index (Phi) is 6.86. The van der Waals surface area contributed by atoms with Gasteiger partial charge < -0.3 is 29.4 Å². The number of rotatable bonds is 7. The maximum absolute atomic E-state index is 12.2. The van der Waals surface area contributed by atoms with Crippen LogP contribution in [-0.4, -0.2) is 63.5 Å². The molecule has 8 nitrogen and oxygen atoms in total. The van der Waals surface area contributed by atoms with E-state index in [9.17, 15) is 9.59 Å². The van der Waals surface area contributed by atoms with Crippen LogP contribution in [0.25, 0.3) is 0 Å². The molecule has 1 amide bonds. The second kappa shape index (κ2) is 8.15. The van der Waals surface area contributed by atoms with Crippen LogP contribution in [0.3, 0.4) is 0 Å². The third kappa shape index (κ3) is 3.89. The topological polar surface area (TPSA) is 103 Å². The summed E-state index contributed by atoms with van der Waals surface area (Å²) in [6.07, 6.45) is 0.396. The highest BCUT2D eigenvalue weighted by Gasteiger charge is 2.51. The second-order valence-corrected chi connectivity index (χ2v) is 4.28. The molecule has 1 rings (SSSR count). The number of ether oxygens (including phenoxy) is 4. The van der Waals surface area contributed by atoms with Crippen LogP contribution in [0, 0.1) is 5.41 Å². The maximum atomic E-state index is 12.2. The minimum Gasteiger partial charge on any atom is -0.465 e. The van der Waals surface area contributed by atoms with Gasteiger partial charge in [0.2, 0.25) is 5.91 Å². The van der Waals surface area contributed by atoms with Crippen molar-refractivity contribution in [2.75, 3.05) is 40.1 Å². The van der Waals surface area contributed by atoms with Crippen molar-refractivity contribution in [1.29, 1.82) is 0 Å². The van der Waals surface area contributed by atoms with Crippen LogP contribution in [0.2, 0.25) is 0 Å². The predicted octanol–water partition coefficient (Wildman–Crippen LogP) is -0.989. The molecule has 20 heavy (non-hydrogen) atoms. The molecule has 0 aliphatic carbocycles. The molecular weight excluding hydrogens is 270 g/mol. The van der Waals surface area contributed by atoms with Crippen molar-refractivity contribution in [3.8, 4) is 0 Å². The van der Waals surface area contributed by atoms with E-state index in [2.05, 4.69) is 5.32 Å². The number of methoxy groups -OCH3 is 1. The molecule has 0 aromatic rings. The molecule has 0 radical (unpaired) electrons. The summed E-state index contributed by atoms with van der Waals surface area (Å²) in [5.74, 6) is -1.24. The highest BCUT2D eigenvalue weighted by atomic mass is 16.8. The third-order valence-electron chi connectivity index (χ3n) is 2.85. The second-order valence-electron chi connectivity index (χ2n) is 4.28. The first-order chi connectivity index (χ1) is 9.60. The van der Waals surface area contributed by atoms with E-state index in [-0.39, 0.29) is 33.0 Å². The van der Waals surface area contributed by atoms with E-state index in [1.165, 1.54) is 7.11 Å². The van der Waals surface area contributed by atoms with E-state index in [1.807, 2.05) is 0 Å². The van der Waals surface area contributed by atoms with Crippen LogP contribution < -0.4 is 5.32 Å². The normalized spacial score (nSPS) is 26.1. The molecule has 0 spiro atoms. The van der Waals surface area contributed by atoms with E-state index in [0.717, 1.165) is 0 Å². The third-order valence-corrected chi connectivity index (χ3v) is 2.85. The average molecular weight is 291 g/mol. The Morgan fingerprint density at radius 3 is 2.55 bits per heavy atom. The lowest BCUT2D eigenvalue weighted by Gasteiger charge is -2.35. The fraction of sp³-hybridized carbons (Fsp3) is 0.833. The zero-order valence-electron chi connectivity index (χ0n) is 11.7. The van der Waals surface area contributed by atoms with E-state index in [4.69, 9.17) is 24.1 Å². The fourth-order valence-corrected chi connectivity index (χ4v) is 1.71. The predicted molar refractivity (Wildman–Crippen MR) is 66.5 cm³/mol. The Morgan fingerprint density at radius 2 is 2.05 bits per heavy atom. The van der Waals surface area contributed by atoms with Gasteiger partial charge in [0.15, 0.2) is 5.41 Å². The highest BCUT2D eigenvalue weighted by molar-refractivity contribution is 6.03. The van der Waals surface area contributed by atoms with Gasteiger partial charge in [-0.25, -0.2) is 0 Å². The number of esters is 1. The van der Waals surface area contributed by atoms with Gasteiger partial charge in [0.1, 0.15) is 0 Å². The minimum atomic E-state index is -1.54. The Hall–Kier alpha value is -1.22. The number of aliphatic hydroxyl groups is 1. The van der Waals surface area contributed by atoms with Crippen LogP contribution >= 0.6 is 0 Å². The number of nitrogens with one attached hydrogen (secondary N) is 1. The van der Waals surface area contributed by atoms with Crippen LogP contribution in [0.4, 0.5) is 0 Å². The van der Waals surface area contributed by atoms with Gasteiger partial charge in [-0.05, 0) is 13.3 Å². The molecule has 0 saturated carbocycles. The van der Waals surface area contributed by atoms with Gasteiger partial charge >= 0.3 is 5.97 Å².